The van der Waals surface area contributed by atoms with Gasteiger partial charge in [-0.25, -0.2) is 0 Å². The fourth-order valence-electron chi connectivity index (χ4n) is 1.91. The van der Waals surface area contributed by atoms with E-state index in [0.717, 1.165) is 11.1 Å². The maximum Gasteiger partial charge on any atom is 0.309 e. The molecule has 0 aromatic heterocycles. The lowest BCUT2D eigenvalue weighted by molar-refractivity contribution is -0.139. The molecule has 1 aromatic rings. The fourth-order valence-corrected chi connectivity index (χ4v) is 1.91. The molecule has 0 atom stereocenters. The Morgan fingerprint density at radius 1 is 1.16 bits per heavy atom. The normalized spacial score (nSPS) is 10.7. The number of hydrogen-bond donors (Lipinski definition) is 2. The monoisotopic (exact) mass is 267 g/mol. The summed E-state index contributed by atoms with van der Waals surface area (Å²) in [5.41, 5.74) is 1.92. The van der Waals surface area contributed by atoms with Gasteiger partial charge in [-0.05, 0) is 11.1 Å². The van der Waals surface area contributed by atoms with E-state index < -0.39 is 0 Å². The van der Waals surface area contributed by atoms with E-state index in [4.69, 9.17) is 10.2 Å². The second kappa shape index (κ2) is 8.63. The number of nitrogens with zero attached hydrogens (tertiary/aromatic N) is 1. The number of methoxy groups -OCH3 is 1. The van der Waals surface area contributed by atoms with Crippen molar-refractivity contribution >= 4 is 5.97 Å². The summed E-state index contributed by atoms with van der Waals surface area (Å²) >= 11 is 0. The van der Waals surface area contributed by atoms with Gasteiger partial charge in [0.2, 0.25) is 0 Å². The van der Waals surface area contributed by atoms with Crippen LogP contribution in [0.25, 0.3) is 0 Å². The second-order valence-electron chi connectivity index (χ2n) is 4.24. The van der Waals surface area contributed by atoms with Gasteiger partial charge in [0, 0.05) is 19.6 Å². The topological polar surface area (TPSA) is 70.0 Å². The third kappa shape index (κ3) is 5.38. The zero-order valence-electron chi connectivity index (χ0n) is 11.2. The summed E-state index contributed by atoms with van der Waals surface area (Å²) in [4.78, 5) is 13.3. The Morgan fingerprint density at radius 3 is 2.26 bits per heavy atom. The Morgan fingerprint density at radius 2 is 1.74 bits per heavy atom. The molecule has 106 valence electrons. The Balaban J connectivity index is 2.77. The van der Waals surface area contributed by atoms with Gasteiger partial charge < -0.3 is 14.9 Å². The summed E-state index contributed by atoms with van der Waals surface area (Å²) in [6.45, 7) is 1.66. The van der Waals surface area contributed by atoms with Crippen molar-refractivity contribution < 1.29 is 19.7 Å². The number of carbonyl (C=O) groups excluding carboxylic acids is 1. The first-order valence-electron chi connectivity index (χ1n) is 6.29. The van der Waals surface area contributed by atoms with Gasteiger partial charge in [-0.3, -0.25) is 9.69 Å². The minimum Gasteiger partial charge on any atom is -0.469 e. The summed E-state index contributed by atoms with van der Waals surface area (Å²) in [6.07, 6.45) is 0.235. The lowest BCUT2D eigenvalue weighted by Gasteiger charge is -2.21. The molecule has 5 nitrogen and oxygen atoms in total. The number of rotatable bonds is 8. The highest BCUT2D eigenvalue weighted by atomic mass is 16.5. The lowest BCUT2D eigenvalue weighted by atomic mass is 10.0. The summed E-state index contributed by atoms with van der Waals surface area (Å²) in [7, 11) is 1.37. The molecule has 0 aliphatic rings. The largest absolute Gasteiger partial charge is 0.469 e. The number of carbonyl (C=O) groups is 1. The maximum absolute atomic E-state index is 11.4. The van der Waals surface area contributed by atoms with Crippen molar-refractivity contribution in [1.29, 1.82) is 0 Å². The third-order valence-electron chi connectivity index (χ3n) is 2.91. The van der Waals surface area contributed by atoms with E-state index in [1.807, 2.05) is 29.2 Å². The molecule has 0 saturated carbocycles. The van der Waals surface area contributed by atoms with Gasteiger partial charge in [-0.15, -0.1) is 0 Å². The van der Waals surface area contributed by atoms with Crippen molar-refractivity contribution in [2.45, 2.75) is 13.0 Å². The molecule has 2 N–H and O–H groups in total. The summed E-state index contributed by atoms with van der Waals surface area (Å²) < 4.78 is 4.68. The Kier molecular flexibility index (Phi) is 7.10. The number of benzene rings is 1. The van der Waals surface area contributed by atoms with Crippen molar-refractivity contribution in [3.63, 3.8) is 0 Å². The maximum atomic E-state index is 11.4. The lowest BCUT2D eigenvalue weighted by Crippen LogP contribution is -2.29. The zero-order chi connectivity index (χ0) is 14.1. The van der Waals surface area contributed by atoms with Gasteiger partial charge in [0.1, 0.15) is 0 Å². The van der Waals surface area contributed by atoms with E-state index >= 15 is 0 Å². The molecule has 1 rings (SSSR count). The summed E-state index contributed by atoms with van der Waals surface area (Å²) in [6, 6.07) is 7.62. The van der Waals surface area contributed by atoms with Gasteiger partial charge in [-0.2, -0.15) is 0 Å². The van der Waals surface area contributed by atoms with Crippen LogP contribution in [0.4, 0.5) is 0 Å². The average molecular weight is 267 g/mol. The van der Waals surface area contributed by atoms with Crippen molar-refractivity contribution in [1.82, 2.24) is 4.90 Å². The molecule has 0 radical (unpaired) electrons. The molecule has 0 unspecified atom stereocenters. The third-order valence-corrected chi connectivity index (χ3v) is 2.91. The van der Waals surface area contributed by atoms with Crippen molar-refractivity contribution in [3.8, 4) is 0 Å². The number of aliphatic hydroxyl groups is 2. The predicted molar refractivity (Wildman–Crippen MR) is 71.6 cm³/mol. The number of ether oxygens (including phenoxy) is 1. The first-order valence-corrected chi connectivity index (χ1v) is 6.29. The molecule has 1 aromatic carbocycles. The van der Waals surface area contributed by atoms with Gasteiger partial charge in [0.05, 0.1) is 26.7 Å². The molecule has 5 heteroatoms. The average Bonchev–Trinajstić information content (AvgIpc) is 2.41. The highest BCUT2D eigenvalue weighted by Gasteiger charge is 2.11. The number of aliphatic hydroxyl groups excluding tert-OH is 2. The molecule has 19 heavy (non-hydrogen) atoms. The van der Waals surface area contributed by atoms with Gasteiger partial charge in [0.25, 0.3) is 0 Å². The molecule has 0 amide bonds. The molecule has 0 saturated heterocycles. The van der Waals surface area contributed by atoms with Crippen LogP contribution in [0.3, 0.4) is 0 Å². The van der Waals surface area contributed by atoms with Crippen LogP contribution in [0.1, 0.15) is 11.1 Å². The second-order valence-corrected chi connectivity index (χ2v) is 4.24. The van der Waals surface area contributed by atoms with E-state index in [-0.39, 0.29) is 25.6 Å². The van der Waals surface area contributed by atoms with Crippen LogP contribution < -0.4 is 0 Å². The van der Waals surface area contributed by atoms with Crippen molar-refractivity contribution in [2.75, 3.05) is 33.4 Å². The molecular formula is C14H21NO4. The zero-order valence-corrected chi connectivity index (χ0v) is 11.2. The SMILES string of the molecule is COC(=O)Cc1ccccc1CN(CCO)CCO. The first-order chi connectivity index (χ1) is 9.21. The van der Waals surface area contributed by atoms with E-state index in [1.165, 1.54) is 7.11 Å². The minimum absolute atomic E-state index is 0.0408. The van der Waals surface area contributed by atoms with E-state index in [0.29, 0.717) is 19.6 Å². The van der Waals surface area contributed by atoms with Crippen LogP contribution in [0.5, 0.6) is 0 Å². The van der Waals surface area contributed by atoms with E-state index in [2.05, 4.69) is 4.74 Å². The van der Waals surface area contributed by atoms with E-state index in [1.54, 1.807) is 0 Å². The molecule has 0 heterocycles. The Bertz CT molecular complexity index is 389. The van der Waals surface area contributed by atoms with Gasteiger partial charge >= 0.3 is 5.97 Å². The molecule has 0 spiro atoms. The van der Waals surface area contributed by atoms with Crippen LogP contribution in [-0.4, -0.2) is 54.5 Å². The number of esters is 1. The van der Waals surface area contributed by atoms with Crippen LogP contribution in [0.15, 0.2) is 24.3 Å². The smallest absolute Gasteiger partial charge is 0.309 e. The minimum atomic E-state index is -0.275. The van der Waals surface area contributed by atoms with Crippen molar-refractivity contribution in [2.24, 2.45) is 0 Å². The Hall–Kier alpha value is -1.43. The number of hydrogen-bond acceptors (Lipinski definition) is 5. The van der Waals surface area contributed by atoms with Crippen molar-refractivity contribution in [3.05, 3.63) is 35.4 Å². The van der Waals surface area contributed by atoms with Crippen LogP contribution in [-0.2, 0) is 22.5 Å². The summed E-state index contributed by atoms with van der Waals surface area (Å²) in [5.74, 6) is -0.275. The molecule has 0 aliphatic carbocycles. The van der Waals surface area contributed by atoms with Gasteiger partial charge in [-0.1, -0.05) is 24.3 Å². The quantitative estimate of drug-likeness (QED) is 0.658. The Labute approximate surface area is 113 Å². The standard InChI is InChI=1S/C14H21NO4/c1-19-14(18)10-12-4-2-3-5-13(12)11-15(6-8-16)7-9-17/h2-5,16-17H,6-11H2,1H3. The molecule has 0 bridgehead atoms. The van der Waals surface area contributed by atoms with E-state index in [9.17, 15) is 4.79 Å². The molecule has 0 aliphatic heterocycles. The predicted octanol–water partition coefficient (Wildman–Crippen LogP) is 0.189. The highest BCUT2D eigenvalue weighted by Crippen LogP contribution is 2.13. The fraction of sp³-hybridized carbons (Fsp3) is 0.500. The van der Waals surface area contributed by atoms with Gasteiger partial charge in [0.15, 0.2) is 0 Å². The molecule has 0 fully saturated rings. The highest BCUT2D eigenvalue weighted by molar-refractivity contribution is 5.72. The first kappa shape index (κ1) is 15.6. The summed E-state index contributed by atoms with van der Waals surface area (Å²) in [5, 5.41) is 18.0. The molecular weight excluding hydrogens is 246 g/mol. The van der Waals surface area contributed by atoms with Crippen LogP contribution in [0, 0.1) is 0 Å². The van der Waals surface area contributed by atoms with Crippen LogP contribution in [0.2, 0.25) is 0 Å². The van der Waals surface area contributed by atoms with Crippen LogP contribution >= 0.6 is 0 Å².